The van der Waals surface area contributed by atoms with Gasteiger partial charge in [0.05, 0.1) is 13.7 Å². The number of hydrogen-bond acceptors (Lipinski definition) is 3. The summed E-state index contributed by atoms with van der Waals surface area (Å²) in [5.41, 5.74) is 7.14. The average molecular weight is 745 g/mol. The molecule has 0 unspecified atom stereocenters. The first-order valence-corrected chi connectivity index (χ1v) is 18.2. The van der Waals surface area contributed by atoms with E-state index in [1.807, 2.05) is 48.5 Å². The zero-order valence-electron chi connectivity index (χ0n) is 24.5. The summed E-state index contributed by atoms with van der Waals surface area (Å²) < 4.78 is 6.30. The number of rotatable bonds is 4. The Kier molecular flexibility index (Phi) is 9.52. The van der Waals surface area contributed by atoms with E-state index in [0.717, 1.165) is 39.1 Å². The number of benzene rings is 3. The van der Waals surface area contributed by atoms with Crippen LogP contribution in [0.15, 0.2) is 102 Å². The topological polar surface area (TPSA) is 38.9 Å². The number of pyridine rings is 2. The van der Waals surface area contributed by atoms with E-state index in [9.17, 15) is 0 Å². The van der Waals surface area contributed by atoms with Crippen LogP contribution in [0.1, 0.15) is 43.6 Å². The van der Waals surface area contributed by atoms with Gasteiger partial charge in [-0.1, -0.05) is 91.4 Å². The molecule has 1 saturated carbocycles. The minimum absolute atomic E-state index is 0. The standard InChI is InChI=1S/C26H28NOSi.C11H8N.Ir/c1-29(2,3)20-13-15-25-23(16-20)21-10-7-11-22(26(21)28-25)24-14-12-19(17-27-24)18-8-5-4-6-9-18;1-2-6-10(7-3-1)11-8-4-5-9-12-11;/h7,10,12-18H,4-6,8-9H2,1-3H3;1-6,8-9H;/q2*-1;. The Morgan fingerprint density at radius 1 is 0.762 bits per heavy atom. The molecule has 0 aliphatic heterocycles. The van der Waals surface area contributed by atoms with Crippen molar-refractivity contribution in [2.45, 2.75) is 57.7 Å². The molecule has 0 N–H and O–H groups in total. The Hall–Kier alpha value is -3.37. The van der Waals surface area contributed by atoms with Gasteiger partial charge in [0.15, 0.2) is 0 Å². The van der Waals surface area contributed by atoms with Gasteiger partial charge in [-0.25, -0.2) is 0 Å². The Balaban J connectivity index is 0.000000228. The number of fused-ring (bicyclic) bond motifs is 3. The molecule has 5 heteroatoms. The summed E-state index contributed by atoms with van der Waals surface area (Å²) in [7, 11) is -1.37. The van der Waals surface area contributed by atoms with Crippen molar-refractivity contribution in [2.24, 2.45) is 0 Å². The third-order valence-corrected chi connectivity index (χ3v) is 10.1. The molecule has 1 fully saturated rings. The van der Waals surface area contributed by atoms with Gasteiger partial charge in [-0.05, 0) is 47.8 Å². The Labute approximate surface area is 263 Å². The second kappa shape index (κ2) is 13.3. The van der Waals surface area contributed by atoms with Crippen molar-refractivity contribution in [1.82, 2.24) is 9.97 Å². The number of hydrogen-bond donors (Lipinski definition) is 0. The van der Waals surface area contributed by atoms with Crippen LogP contribution < -0.4 is 5.19 Å². The molecule has 0 bridgehead atoms. The first-order valence-electron chi connectivity index (χ1n) is 14.7. The van der Waals surface area contributed by atoms with Gasteiger partial charge in [-0.2, -0.15) is 0 Å². The molecule has 3 nitrogen and oxygen atoms in total. The quantitative estimate of drug-likeness (QED) is 0.133. The molecule has 0 spiro atoms. The molecule has 1 aliphatic carbocycles. The largest absolute Gasteiger partial charge is 0.501 e. The van der Waals surface area contributed by atoms with E-state index in [2.05, 4.69) is 79.4 Å². The van der Waals surface area contributed by atoms with E-state index >= 15 is 0 Å². The third kappa shape index (κ3) is 6.65. The Morgan fingerprint density at radius 3 is 2.29 bits per heavy atom. The van der Waals surface area contributed by atoms with Gasteiger partial charge >= 0.3 is 0 Å². The molecular weight excluding hydrogens is 709 g/mol. The molecule has 1 aliphatic rings. The van der Waals surface area contributed by atoms with Crippen LogP contribution in [0.2, 0.25) is 19.6 Å². The summed E-state index contributed by atoms with van der Waals surface area (Å²) in [6, 6.07) is 35.4. The predicted octanol–water partition coefficient (Wildman–Crippen LogP) is 9.59. The summed E-state index contributed by atoms with van der Waals surface area (Å²) in [6.45, 7) is 7.15. The van der Waals surface area contributed by atoms with E-state index in [4.69, 9.17) is 9.40 Å². The molecule has 215 valence electrons. The molecule has 3 aromatic carbocycles. The van der Waals surface area contributed by atoms with Crippen molar-refractivity contribution < 1.29 is 24.5 Å². The zero-order chi connectivity index (χ0) is 28.2. The average Bonchev–Trinajstić information content (AvgIpc) is 3.41. The number of nitrogens with zero attached hydrogens (tertiary/aromatic N) is 2. The molecule has 3 heterocycles. The predicted molar refractivity (Wildman–Crippen MR) is 173 cm³/mol. The maximum atomic E-state index is 6.30. The van der Waals surface area contributed by atoms with Gasteiger partial charge in [0.2, 0.25) is 0 Å². The van der Waals surface area contributed by atoms with Crippen molar-refractivity contribution in [3.05, 3.63) is 115 Å². The third-order valence-electron chi connectivity index (χ3n) is 8.07. The first kappa shape index (κ1) is 30.1. The minimum atomic E-state index is -1.37. The maximum absolute atomic E-state index is 6.30. The monoisotopic (exact) mass is 745 g/mol. The molecule has 42 heavy (non-hydrogen) atoms. The van der Waals surface area contributed by atoms with Crippen molar-refractivity contribution in [3.63, 3.8) is 0 Å². The fraction of sp³-hybridized carbons (Fsp3) is 0.243. The molecule has 0 amide bonds. The van der Waals surface area contributed by atoms with E-state index < -0.39 is 8.07 Å². The van der Waals surface area contributed by atoms with Crippen LogP contribution in [-0.4, -0.2) is 18.0 Å². The van der Waals surface area contributed by atoms with Crippen LogP contribution in [0.4, 0.5) is 0 Å². The van der Waals surface area contributed by atoms with E-state index in [1.54, 1.807) is 6.20 Å². The summed E-state index contributed by atoms with van der Waals surface area (Å²) in [4.78, 5) is 9.03. The van der Waals surface area contributed by atoms with Crippen LogP contribution in [0.5, 0.6) is 0 Å². The smallest absolute Gasteiger partial charge is 0.120 e. The molecular formula is C37H36IrN2OSi-2. The first-order chi connectivity index (χ1) is 20.0. The molecule has 6 aromatic rings. The van der Waals surface area contributed by atoms with Gasteiger partial charge < -0.3 is 14.4 Å². The van der Waals surface area contributed by atoms with Crippen molar-refractivity contribution in [3.8, 4) is 22.5 Å². The van der Waals surface area contributed by atoms with Crippen molar-refractivity contribution in [2.75, 3.05) is 0 Å². The maximum Gasteiger partial charge on any atom is 0.120 e. The van der Waals surface area contributed by atoms with Gasteiger partial charge in [0, 0.05) is 37.9 Å². The minimum Gasteiger partial charge on any atom is -0.501 e. The fourth-order valence-electron chi connectivity index (χ4n) is 5.70. The van der Waals surface area contributed by atoms with Crippen molar-refractivity contribution in [1.29, 1.82) is 0 Å². The summed E-state index contributed by atoms with van der Waals surface area (Å²) in [5, 5.41) is 3.82. The fourth-order valence-corrected chi connectivity index (χ4v) is 6.86. The van der Waals surface area contributed by atoms with Gasteiger partial charge in [0.25, 0.3) is 0 Å². The van der Waals surface area contributed by atoms with Gasteiger partial charge in [0.1, 0.15) is 5.58 Å². The molecule has 1 radical (unpaired) electrons. The van der Waals surface area contributed by atoms with Gasteiger partial charge in [-0.15, -0.1) is 54.1 Å². The summed E-state index contributed by atoms with van der Waals surface area (Å²) in [6.07, 6.45) is 10.5. The van der Waals surface area contributed by atoms with Crippen LogP contribution in [0, 0.1) is 12.1 Å². The molecule has 3 aromatic heterocycles. The SMILES string of the molecule is C[Si](C)(C)c1ccc2oc3c(-c4ccc(C5CCCCC5)cn4)[c-]ccc3c2c1.[Ir].[c-]1ccccc1-c1ccccn1. The van der Waals surface area contributed by atoms with E-state index in [-0.39, 0.29) is 20.1 Å². The van der Waals surface area contributed by atoms with Crippen LogP contribution in [-0.2, 0) is 20.1 Å². The molecule has 0 saturated heterocycles. The summed E-state index contributed by atoms with van der Waals surface area (Å²) >= 11 is 0. The normalized spacial score (nSPS) is 13.8. The van der Waals surface area contributed by atoms with Gasteiger partial charge in [-0.3, -0.25) is 0 Å². The van der Waals surface area contributed by atoms with E-state index in [0.29, 0.717) is 5.92 Å². The number of aromatic nitrogens is 2. The second-order valence-electron chi connectivity index (χ2n) is 12.0. The Morgan fingerprint density at radius 2 is 1.60 bits per heavy atom. The van der Waals surface area contributed by atoms with E-state index in [1.165, 1.54) is 48.2 Å². The van der Waals surface area contributed by atoms with Crippen LogP contribution in [0.25, 0.3) is 44.5 Å². The summed E-state index contributed by atoms with van der Waals surface area (Å²) in [5.74, 6) is 0.677. The van der Waals surface area contributed by atoms with Crippen molar-refractivity contribution >= 4 is 35.2 Å². The zero-order valence-corrected chi connectivity index (χ0v) is 27.9. The van der Waals surface area contributed by atoms with Crippen LogP contribution >= 0.6 is 0 Å². The van der Waals surface area contributed by atoms with Crippen LogP contribution in [0.3, 0.4) is 0 Å². The number of furan rings is 1. The molecule has 0 atom stereocenters. The second-order valence-corrected chi connectivity index (χ2v) is 17.0. The molecule has 7 rings (SSSR count). The Bertz CT molecular complexity index is 1700.